The first-order chi connectivity index (χ1) is 19.5. The van der Waals surface area contributed by atoms with Crippen molar-refractivity contribution in [2.75, 3.05) is 30.8 Å². The van der Waals surface area contributed by atoms with Gasteiger partial charge in [0.05, 0.1) is 19.1 Å². The number of nitrogens with zero attached hydrogens (tertiary/aromatic N) is 2. The highest BCUT2D eigenvalue weighted by Gasteiger charge is 2.33. The number of methoxy groups -OCH3 is 1. The van der Waals surface area contributed by atoms with Gasteiger partial charge in [0.25, 0.3) is 0 Å². The summed E-state index contributed by atoms with van der Waals surface area (Å²) in [6.07, 6.45) is 3.00. The average Bonchev–Trinajstić information content (AvgIpc) is 2.95. The van der Waals surface area contributed by atoms with Gasteiger partial charge in [-0.25, -0.2) is 8.42 Å². The van der Waals surface area contributed by atoms with Gasteiger partial charge in [-0.3, -0.25) is 13.9 Å². The number of sulfonamides is 1. The van der Waals surface area contributed by atoms with Gasteiger partial charge in [-0.1, -0.05) is 73.5 Å². The Balaban J connectivity index is 2.07. The number of halogens is 1. The van der Waals surface area contributed by atoms with Gasteiger partial charge >= 0.3 is 0 Å². The summed E-state index contributed by atoms with van der Waals surface area (Å²) in [6, 6.07) is 20.7. The zero-order valence-electron chi connectivity index (χ0n) is 24.0. The van der Waals surface area contributed by atoms with Crippen molar-refractivity contribution in [1.29, 1.82) is 0 Å². The predicted molar refractivity (Wildman–Crippen MR) is 164 cm³/mol. The summed E-state index contributed by atoms with van der Waals surface area (Å²) in [4.78, 5) is 29.3. The van der Waals surface area contributed by atoms with Gasteiger partial charge in [0.2, 0.25) is 21.8 Å². The van der Waals surface area contributed by atoms with E-state index < -0.39 is 28.5 Å². The minimum atomic E-state index is -3.89. The maximum atomic E-state index is 14.2. The van der Waals surface area contributed by atoms with Crippen LogP contribution in [0.4, 0.5) is 5.69 Å². The van der Waals surface area contributed by atoms with E-state index in [1.54, 1.807) is 38.3 Å². The number of aryl methyl sites for hydroxylation is 1. The lowest BCUT2D eigenvalue weighted by Crippen LogP contribution is -2.53. The highest BCUT2D eigenvalue weighted by atomic mass is 35.5. The van der Waals surface area contributed by atoms with Crippen molar-refractivity contribution in [2.24, 2.45) is 0 Å². The van der Waals surface area contributed by atoms with Crippen LogP contribution in [-0.2, 0) is 32.6 Å². The van der Waals surface area contributed by atoms with Crippen molar-refractivity contribution in [3.63, 3.8) is 0 Å². The molecule has 0 spiro atoms. The van der Waals surface area contributed by atoms with Crippen LogP contribution >= 0.6 is 11.6 Å². The first-order valence-electron chi connectivity index (χ1n) is 13.5. The molecule has 0 aliphatic carbocycles. The lowest BCUT2D eigenvalue weighted by Gasteiger charge is -2.34. The Kier molecular flexibility index (Phi) is 11.6. The quantitative estimate of drug-likeness (QED) is 0.264. The molecular formula is C31H38ClN3O5S. The molecule has 0 saturated heterocycles. The molecule has 0 radical (unpaired) electrons. The van der Waals surface area contributed by atoms with E-state index in [9.17, 15) is 18.0 Å². The topological polar surface area (TPSA) is 96.0 Å². The van der Waals surface area contributed by atoms with E-state index in [0.717, 1.165) is 34.5 Å². The number of amides is 2. The minimum absolute atomic E-state index is 0.0703. The molecular weight excluding hydrogens is 562 g/mol. The summed E-state index contributed by atoms with van der Waals surface area (Å²) in [6.45, 7) is 3.82. The largest absolute Gasteiger partial charge is 0.497 e. The standard InChI is InChI=1S/C31H38ClN3O5S/c1-5-6-17-33-31(37)29(19-24-11-8-7-9-12-24)34(21-25-13-10-14-27(18-25)40-3)30(36)22-35(41(4,38)39)28-20-26(32)16-15-23(28)2/h7-16,18,20,29H,5-6,17,19,21-22H2,1-4H3,(H,33,37)/t29-/m1/s1. The van der Waals surface area contributed by atoms with Gasteiger partial charge in [0.15, 0.2) is 0 Å². The van der Waals surface area contributed by atoms with Crippen LogP contribution in [-0.4, -0.2) is 57.6 Å². The van der Waals surface area contributed by atoms with Gasteiger partial charge in [-0.15, -0.1) is 0 Å². The Morgan fingerprint density at radius 1 is 1.00 bits per heavy atom. The molecule has 41 heavy (non-hydrogen) atoms. The fraction of sp³-hybridized carbons (Fsp3) is 0.355. The number of nitrogens with one attached hydrogen (secondary N) is 1. The first kappa shape index (κ1) is 32.0. The lowest BCUT2D eigenvalue weighted by molar-refractivity contribution is -0.140. The van der Waals surface area contributed by atoms with E-state index in [1.807, 2.05) is 49.4 Å². The lowest BCUT2D eigenvalue weighted by atomic mass is 10.0. The van der Waals surface area contributed by atoms with Crippen LogP contribution in [0.5, 0.6) is 5.75 Å². The van der Waals surface area contributed by atoms with Crippen molar-refractivity contribution >= 4 is 39.1 Å². The maximum Gasteiger partial charge on any atom is 0.244 e. The fourth-order valence-corrected chi connectivity index (χ4v) is 5.54. The highest BCUT2D eigenvalue weighted by Crippen LogP contribution is 2.27. The maximum absolute atomic E-state index is 14.2. The molecule has 0 aliphatic heterocycles. The number of carbonyl (C=O) groups excluding carboxylic acids is 2. The molecule has 3 aromatic rings. The molecule has 0 fully saturated rings. The summed E-state index contributed by atoms with van der Waals surface area (Å²) in [7, 11) is -2.33. The van der Waals surface area contributed by atoms with Gasteiger partial charge in [-0.2, -0.15) is 0 Å². The zero-order chi connectivity index (χ0) is 30.0. The van der Waals surface area contributed by atoms with Crippen LogP contribution < -0.4 is 14.4 Å². The van der Waals surface area contributed by atoms with Crippen LogP contribution in [0.25, 0.3) is 0 Å². The van der Waals surface area contributed by atoms with E-state index in [1.165, 1.54) is 11.0 Å². The molecule has 0 aromatic heterocycles. The normalized spacial score (nSPS) is 11.9. The molecule has 1 atom stereocenters. The number of anilines is 1. The van der Waals surface area contributed by atoms with Crippen molar-refractivity contribution in [3.05, 3.63) is 94.5 Å². The molecule has 1 N–H and O–H groups in total. The van der Waals surface area contributed by atoms with Crippen molar-refractivity contribution in [2.45, 2.75) is 45.7 Å². The third-order valence-electron chi connectivity index (χ3n) is 6.71. The predicted octanol–water partition coefficient (Wildman–Crippen LogP) is 4.98. The molecule has 0 saturated carbocycles. The minimum Gasteiger partial charge on any atom is -0.497 e. The number of ether oxygens (including phenoxy) is 1. The molecule has 0 heterocycles. The van der Waals surface area contributed by atoms with E-state index >= 15 is 0 Å². The van der Waals surface area contributed by atoms with Crippen LogP contribution in [0.15, 0.2) is 72.8 Å². The van der Waals surface area contributed by atoms with Gasteiger partial charge in [-0.05, 0) is 54.3 Å². The van der Waals surface area contributed by atoms with Crippen molar-refractivity contribution in [3.8, 4) is 5.75 Å². The van der Waals surface area contributed by atoms with Crippen LogP contribution in [0.3, 0.4) is 0 Å². The van der Waals surface area contributed by atoms with Crippen LogP contribution in [0, 0.1) is 6.92 Å². The summed E-state index contributed by atoms with van der Waals surface area (Å²) in [5.74, 6) is -0.221. The molecule has 2 amide bonds. The summed E-state index contributed by atoms with van der Waals surface area (Å²) in [5.41, 5.74) is 2.56. The van der Waals surface area contributed by atoms with E-state index in [0.29, 0.717) is 28.6 Å². The number of benzene rings is 3. The Morgan fingerprint density at radius 2 is 1.71 bits per heavy atom. The molecule has 0 aliphatic rings. The molecule has 0 unspecified atom stereocenters. The second-order valence-corrected chi connectivity index (χ2v) is 12.3. The van der Waals surface area contributed by atoms with Crippen molar-refractivity contribution < 1.29 is 22.7 Å². The smallest absolute Gasteiger partial charge is 0.244 e. The molecule has 3 rings (SSSR count). The molecule has 3 aromatic carbocycles. The Hall–Kier alpha value is -3.56. The van der Waals surface area contributed by atoms with E-state index in [4.69, 9.17) is 16.3 Å². The van der Waals surface area contributed by atoms with E-state index in [2.05, 4.69) is 5.32 Å². The monoisotopic (exact) mass is 599 g/mol. The third-order valence-corrected chi connectivity index (χ3v) is 8.07. The summed E-state index contributed by atoms with van der Waals surface area (Å²) < 4.78 is 32.4. The molecule has 10 heteroatoms. The number of hydrogen-bond donors (Lipinski definition) is 1. The number of unbranched alkanes of at least 4 members (excludes halogenated alkanes) is 1. The molecule has 220 valence electrons. The van der Waals surface area contributed by atoms with Crippen LogP contribution in [0.2, 0.25) is 5.02 Å². The average molecular weight is 600 g/mol. The van der Waals surface area contributed by atoms with Crippen molar-refractivity contribution in [1.82, 2.24) is 10.2 Å². The molecule has 8 nitrogen and oxygen atoms in total. The zero-order valence-corrected chi connectivity index (χ0v) is 25.5. The third kappa shape index (κ3) is 9.23. The SMILES string of the molecule is CCCCNC(=O)[C@@H](Cc1ccccc1)N(Cc1cccc(OC)c1)C(=O)CN(c1cc(Cl)ccc1C)S(C)(=O)=O. The summed E-state index contributed by atoms with van der Waals surface area (Å²) in [5, 5.41) is 3.32. The Morgan fingerprint density at radius 3 is 2.37 bits per heavy atom. The second-order valence-electron chi connectivity index (χ2n) is 9.92. The van der Waals surface area contributed by atoms with Gasteiger partial charge in [0.1, 0.15) is 18.3 Å². The fourth-order valence-electron chi connectivity index (χ4n) is 4.47. The van der Waals surface area contributed by atoms with Gasteiger partial charge in [0, 0.05) is 24.5 Å². The highest BCUT2D eigenvalue weighted by molar-refractivity contribution is 7.92. The molecule has 0 bridgehead atoms. The number of rotatable bonds is 14. The Bertz CT molecular complexity index is 1430. The number of hydrogen-bond acceptors (Lipinski definition) is 5. The van der Waals surface area contributed by atoms with Crippen LogP contribution in [0.1, 0.15) is 36.5 Å². The Labute approximate surface area is 248 Å². The second kappa shape index (κ2) is 14.9. The summed E-state index contributed by atoms with van der Waals surface area (Å²) >= 11 is 6.21. The number of carbonyl (C=O) groups is 2. The van der Waals surface area contributed by atoms with E-state index in [-0.39, 0.29) is 18.9 Å². The first-order valence-corrected chi connectivity index (χ1v) is 15.7. The van der Waals surface area contributed by atoms with Gasteiger partial charge < -0.3 is 15.0 Å².